The molecule has 0 unspecified atom stereocenters. The van der Waals surface area contributed by atoms with Gasteiger partial charge in [-0.1, -0.05) is 5.10 Å². The van der Waals surface area contributed by atoms with E-state index < -0.39 is 44.9 Å². The molecule has 0 spiro atoms. The van der Waals surface area contributed by atoms with Crippen LogP contribution in [0.2, 0.25) is 0 Å². The van der Waals surface area contributed by atoms with E-state index in [2.05, 4.69) is 20.8 Å². The molecule has 0 saturated carbocycles. The second-order valence-corrected chi connectivity index (χ2v) is 10.7. The summed E-state index contributed by atoms with van der Waals surface area (Å²) in [7, 11) is -3.34. The molecular formula is C21H19F5N4O4S. The highest BCUT2D eigenvalue weighted by molar-refractivity contribution is 8.03. The van der Waals surface area contributed by atoms with Crippen molar-refractivity contribution in [2.75, 3.05) is 25.2 Å². The van der Waals surface area contributed by atoms with Gasteiger partial charge in [0.2, 0.25) is 11.8 Å². The Hall–Kier alpha value is -3.55. The lowest BCUT2D eigenvalue weighted by molar-refractivity contribution is -0.119. The Morgan fingerprint density at radius 3 is 2.34 bits per heavy atom. The molecule has 1 fully saturated rings. The van der Waals surface area contributed by atoms with Gasteiger partial charge in [0.25, 0.3) is 0 Å². The minimum Gasteiger partial charge on any atom is -0.497 e. The van der Waals surface area contributed by atoms with E-state index in [1.807, 2.05) is 0 Å². The third-order valence-electron chi connectivity index (χ3n) is 5.63. The zero-order valence-corrected chi connectivity index (χ0v) is 19.1. The first-order chi connectivity index (χ1) is 16.4. The third-order valence-corrected chi connectivity index (χ3v) is 7.89. The molecule has 2 heterocycles. The quantitative estimate of drug-likeness (QED) is 0.340. The summed E-state index contributed by atoms with van der Waals surface area (Å²) in [4.78, 5) is 12.0. The molecule has 2 N–H and O–H groups in total. The molecule has 1 aliphatic rings. The molecular weight excluding hydrogens is 499 g/mol. The second kappa shape index (κ2) is 8.91. The molecule has 1 amide bonds. The number of nitrogens with zero attached hydrogens (tertiary/aromatic N) is 2. The highest BCUT2D eigenvalue weighted by atomic mass is 32.2. The van der Waals surface area contributed by atoms with Crippen molar-refractivity contribution in [1.82, 2.24) is 15.5 Å². The van der Waals surface area contributed by atoms with Crippen molar-refractivity contribution in [3.63, 3.8) is 0 Å². The van der Waals surface area contributed by atoms with Crippen molar-refractivity contribution in [1.29, 1.82) is 0 Å². The highest BCUT2D eigenvalue weighted by Gasteiger charge is 2.43. The largest absolute Gasteiger partial charge is 0.497 e. The van der Waals surface area contributed by atoms with Gasteiger partial charge in [-0.25, -0.2) is 8.78 Å². The van der Waals surface area contributed by atoms with Crippen molar-refractivity contribution < 1.29 is 40.1 Å². The fraction of sp³-hybridized carbons (Fsp3) is 0.286. The van der Waals surface area contributed by atoms with Crippen LogP contribution in [0.15, 0.2) is 45.7 Å². The van der Waals surface area contributed by atoms with Crippen LogP contribution in [0.3, 0.4) is 0 Å². The number of carbonyl (C=O) groups excluding carboxylic acids is 1. The Labute approximate surface area is 196 Å². The number of carbonyl (C=O) groups is 1. The van der Waals surface area contributed by atoms with Crippen LogP contribution < -0.4 is 15.4 Å². The van der Waals surface area contributed by atoms with Gasteiger partial charge in [-0.15, -0.1) is 5.10 Å². The summed E-state index contributed by atoms with van der Waals surface area (Å²) in [6, 6.07) is 5.18. The Morgan fingerprint density at radius 1 is 1.14 bits per heavy atom. The predicted octanol–water partition coefficient (Wildman–Crippen LogP) is 3.24. The van der Waals surface area contributed by atoms with Crippen molar-refractivity contribution >= 4 is 21.9 Å². The number of anilines is 1. The van der Waals surface area contributed by atoms with Gasteiger partial charge in [0, 0.05) is 56.8 Å². The number of rotatable bonds is 6. The fourth-order valence-corrected chi connectivity index (χ4v) is 4.67. The van der Waals surface area contributed by atoms with Crippen LogP contribution in [0.25, 0.3) is 11.5 Å². The summed E-state index contributed by atoms with van der Waals surface area (Å²) in [6.45, 7) is -0.0601. The molecule has 0 radical (unpaired) electrons. The molecule has 2 atom stereocenters. The molecule has 35 heavy (non-hydrogen) atoms. The maximum Gasteiger partial charge on any atom is 0.452 e. The smallest absolute Gasteiger partial charge is 0.452 e. The van der Waals surface area contributed by atoms with E-state index in [1.165, 1.54) is 19.2 Å². The van der Waals surface area contributed by atoms with E-state index >= 15 is 0 Å². The first-order valence-electron chi connectivity index (χ1n) is 10.1. The van der Waals surface area contributed by atoms with E-state index in [-0.39, 0.29) is 40.2 Å². The molecule has 0 bridgehead atoms. The average molecular weight is 518 g/mol. The summed E-state index contributed by atoms with van der Waals surface area (Å²) >= 11 is 0. The van der Waals surface area contributed by atoms with Gasteiger partial charge in [0.1, 0.15) is 23.4 Å². The van der Waals surface area contributed by atoms with Gasteiger partial charge >= 0.3 is 11.5 Å². The maximum absolute atomic E-state index is 14.6. The van der Waals surface area contributed by atoms with Crippen LogP contribution in [0.5, 0.6) is 5.75 Å². The number of thiol groups is 1. The number of amides is 1. The first kappa shape index (κ1) is 24.6. The molecule has 1 aromatic heterocycles. The normalized spacial score (nSPS) is 18.9. The maximum atomic E-state index is 14.6. The zero-order chi connectivity index (χ0) is 25.5. The Balaban J connectivity index is 1.56. The van der Waals surface area contributed by atoms with Crippen molar-refractivity contribution in [2.45, 2.75) is 22.4 Å². The number of alkyl halides is 3. The number of methoxy groups -OCH3 is 1. The number of hydrogen-bond donors (Lipinski definition) is 3. The van der Waals surface area contributed by atoms with Gasteiger partial charge in [-0.05, 0) is 24.3 Å². The lowest BCUT2D eigenvalue weighted by Crippen LogP contribution is -2.33. The monoisotopic (exact) mass is 518 g/mol. The predicted molar refractivity (Wildman–Crippen MR) is 116 cm³/mol. The second-order valence-electron chi connectivity index (χ2n) is 7.83. The molecule has 1 aliphatic heterocycles. The lowest BCUT2D eigenvalue weighted by Gasteiger charge is -2.22. The molecule has 8 nitrogen and oxygen atoms in total. The standard InChI is InChI=1S/C21H19F5N4O4S/c1-33-11-7-14(22)16(15(23)8-11)13-9-27-18(31)17(13)28-20-30-29-19(34-20)10-3-5-12(6-4-10)35(2,32)21(24,25)26/h3-8,13,17,35H,9H2,1-2H3,(H,27,31)(H,28,30)/t13-,17-/m0/s1. The topological polar surface area (TPSA) is 106 Å². The van der Waals surface area contributed by atoms with Gasteiger partial charge in [-0.2, -0.15) is 13.2 Å². The minimum atomic E-state index is -4.88. The van der Waals surface area contributed by atoms with E-state index in [0.717, 1.165) is 24.3 Å². The van der Waals surface area contributed by atoms with Crippen molar-refractivity contribution in [3.8, 4) is 17.2 Å². The Morgan fingerprint density at radius 2 is 1.77 bits per heavy atom. The molecule has 0 aliphatic carbocycles. The average Bonchev–Trinajstić information content (AvgIpc) is 3.40. The van der Waals surface area contributed by atoms with Crippen LogP contribution >= 0.6 is 0 Å². The molecule has 4 rings (SSSR count). The fourth-order valence-electron chi connectivity index (χ4n) is 3.66. The van der Waals surface area contributed by atoms with Crippen LogP contribution in [0, 0.1) is 11.6 Å². The molecule has 14 heteroatoms. The molecule has 3 aromatic rings. The number of ether oxygens (including phenoxy) is 1. The third kappa shape index (κ3) is 4.57. The van der Waals surface area contributed by atoms with Crippen LogP contribution in [-0.2, 0) is 14.7 Å². The van der Waals surface area contributed by atoms with Crippen LogP contribution in [0.1, 0.15) is 11.5 Å². The van der Waals surface area contributed by atoms with E-state index in [9.17, 15) is 31.0 Å². The lowest BCUT2D eigenvalue weighted by atomic mass is 9.93. The SMILES string of the molecule is COc1cc(F)c([C@@H]2CNC(=O)[C@H]2Nc2nnc(-c3ccc([SH](C)(=O)C(F)(F)F)cc3)o2)c(F)c1. The van der Waals surface area contributed by atoms with Gasteiger partial charge in [-0.3, -0.25) is 9.00 Å². The minimum absolute atomic E-state index is 0.0206. The number of benzene rings is 2. The summed E-state index contributed by atoms with van der Waals surface area (Å²) in [5.74, 6) is -3.42. The summed E-state index contributed by atoms with van der Waals surface area (Å²) in [5.41, 5.74) is -4.97. The number of nitrogens with one attached hydrogen (secondary N) is 2. The van der Waals surface area contributed by atoms with Crippen molar-refractivity contribution in [3.05, 3.63) is 53.6 Å². The van der Waals surface area contributed by atoms with E-state index in [4.69, 9.17) is 9.15 Å². The van der Waals surface area contributed by atoms with E-state index in [0.29, 0.717) is 6.26 Å². The summed E-state index contributed by atoms with van der Waals surface area (Å²) < 4.78 is 90.5. The molecule has 1 saturated heterocycles. The zero-order valence-electron chi connectivity index (χ0n) is 18.2. The molecule has 188 valence electrons. The number of aromatic nitrogens is 2. The highest BCUT2D eigenvalue weighted by Crippen LogP contribution is 2.36. The summed E-state index contributed by atoms with van der Waals surface area (Å²) in [6.07, 6.45) is 0.633. The van der Waals surface area contributed by atoms with E-state index in [1.54, 1.807) is 0 Å². The Kier molecular flexibility index (Phi) is 6.25. The Bertz CT molecular complexity index is 1290. The number of hydrogen-bond acceptors (Lipinski definition) is 7. The van der Waals surface area contributed by atoms with Crippen LogP contribution in [-0.4, -0.2) is 51.8 Å². The first-order valence-corrected chi connectivity index (χ1v) is 12.2. The van der Waals surface area contributed by atoms with Gasteiger partial charge < -0.3 is 19.8 Å². The summed E-state index contributed by atoms with van der Waals surface area (Å²) in [5, 5.41) is 12.7. The van der Waals surface area contributed by atoms with Gasteiger partial charge in [0.15, 0.2) is 0 Å². The van der Waals surface area contributed by atoms with Crippen molar-refractivity contribution in [2.24, 2.45) is 0 Å². The van der Waals surface area contributed by atoms with Gasteiger partial charge in [0.05, 0.1) is 7.11 Å². The molecule has 2 aromatic carbocycles. The van der Waals surface area contributed by atoms with Crippen LogP contribution in [0.4, 0.5) is 28.0 Å². The number of halogens is 5.